The van der Waals surface area contributed by atoms with Gasteiger partial charge < -0.3 is 24.8 Å². The van der Waals surface area contributed by atoms with Crippen LogP contribution in [0.4, 0.5) is 0 Å². The first-order valence-corrected chi connectivity index (χ1v) is 12.2. The topological polar surface area (TPSA) is 96.2 Å². The van der Waals surface area contributed by atoms with Crippen LogP contribution in [-0.4, -0.2) is 34.5 Å². The minimum atomic E-state index is -0.976. The highest BCUT2D eigenvalue weighted by Gasteiger charge is 2.27. The van der Waals surface area contributed by atoms with Gasteiger partial charge in [0, 0.05) is 33.9 Å². The van der Waals surface area contributed by atoms with E-state index in [1.54, 1.807) is 6.08 Å². The number of allylic oxidation sites excluding steroid dienone is 1. The van der Waals surface area contributed by atoms with Gasteiger partial charge >= 0.3 is 5.97 Å². The second-order valence-electron chi connectivity index (χ2n) is 9.05. The predicted octanol–water partition coefficient (Wildman–Crippen LogP) is 5.17. The predicted molar refractivity (Wildman–Crippen MR) is 141 cm³/mol. The van der Waals surface area contributed by atoms with Gasteiger partial charge in [-0.05, 0) is 17.5 Å². The zero-order valence-electron chi connectivity index (χ0n) is 20.2. The number of aliphatic carboxylic acids is 1. The van der Waals surface area contributed by atoms with E-state index in [2.05, 4.69) is 0 Å². The quantitative estimate of drug-likeness (QED) is 0.296. The van der Waals surface area contributed by atoms with Gasteiger partial charge in [0.15, 0.2) is 0 Å². The Morgan fingerprint density at radius 1 is 0.703 bits per heavy atom. The molecule has 6 nitrogen and oxygen atoms in total. The maximum absolute atomic E-state index is 11.8. The van der Waals surface area contributed by atoms with Crippen LogP contribution in [0.15, 0.2) is 96.6 Å². The zero-order chi connectivity index (χ0) is 25.8. The smallest absolute Gasteiger partial charge is 0.331 e. The fourth-order valence-electron chi connectivity index (χ4n) is 4.73. The summed E-state index contributed by atoms with van der Waals surface area (Å²) in [5.41, 5.74) is 3.33. The molecule has 0 aromatic heterocycles. The molecule has 0 fully saturated rings. The Kier molecular flexibility index (Phi) is 7.21. The second kappa shape index (κ2) is 10.9. The molecule has 0 amide bonds. The number of hydrogen-bond acceptors (Lipinski definition) is 5. The molecule has 0 saturated heterocycles. The molecule has 0 saturated carbocycles. The van der Waals surface area contributed by atoms with E-state index < -0.39 is 18.2 Å². The van der Waals surface area contributed by atoms with E-state index in [4.69, 9.17) is 9.47 Å². The number of fused-ring (bicyclic) bond motifs is 2. The minimum absolute atomic E-state index is 0.0134. The van der Waals surface area contributed by atoms with Crippen LogP contribution in [0.2, 0.25) is 0 Å². The van der Waals surface area contributed by atoms with E-state index in [1.807, 2.05) is 84.9 Å². The molecule has 0 heterocycles. The zero-order valence-corrected chi connectivity index (χ0v) is 20.2. The van der Waals surface area contributed by atoms with Crippen molar-refractivity contribution in [2.45, 2.75) is 25.0 Å². The highest BCUT2D eigenvalue weighted by molar-refractivity contribution is 5.98. The number of ether oxygens (including phenoxy) is 2. The summed E-state index contributed by atoms with van der Waals surface area (Å²) in [6.45, 7) is 0.0579. The third kappa shape index (κ3) is 5.21. The third-order valence-corrected chi connectivity index (χ3v) is 6.66. The van der Waals surface area contributed by atoms with Crippen molar-refractivity contribution in [3.05, 3.63) is 119 Å². The van der Waals surface area contributed by atoms with Gasteiger partial charge in [0.25, 0.3) is 0 Å². The first kappa shape index (κ1) is 24.6. The van der Waals surface area contributed by atoms with Crippen LogP contribution in [-0.2, 0) is 17.6 Å². The number of benzene rings is 4. The Bertz CT molecular complexity index is 1430. The van der Waals surface area contributed by atoms with Gasteiger partial charge in [-0.25, -0.2) is 4.79 Å². The van der Waals surface area contributed by atoms with E-state index in [0.717, 1.165) is 33.0 Å². The number of carbonyl (C=O) groups is 1. The largest absolute Gasteiger partial charge is 0.490 e. The average Bonchev–Trinajstić information content (AvgIpc) is 2.95. The van der Waals surface area contributed by atoms with Crippen molar-refractivity contribution in [2.75, 3.05) is 13.2 Å². The van der Waals surface area contributed by atoms with Gasteiger partial charge in [0.2, 0.25) is 0 Å². The molecule has 1 aliphatic carbocycles. The third-order valence-electron chi connectivity index (χ3n) is 6.66. The molecule has 0 radical (unpaired) electrons. The summed E-state index contributed by atoms with van der Waals surface area (Å²) in [4.78, 5) is 11.8. The number of carboxylic acid groups (broad SMARTS) is 1. The van der Waals surface area contributed by atoms with Crippen molar-refractivity contribution in [1.29, 1.82) is 0 Å². The number of carboxylic acids is 1. The van der Waals surface area contributed by atoms with Crippen molar-refractivity contribution in [3.8, 4) is 11.5 Å². The molecular formula is C31H28O6. The second-order valence-corrected chi connectivity index (χ2v) is 9.05. The lowest BCUT2D eigenvalue weighted by atomic mass is 9.87. The van der Waals surface area contributed by atoms with E-state index in [0.29, 0.717) is 17.9 Å². The average molecular weight is 497 g/mol. The van der Waals surface area contributed by atoms with Gasteiger partial charge in [0.1, 0.15) is 36.9 Å². The minimum Gasteiger partial charge on any atom is -0.490 e. The lowest BCUT2D eigenvalue weighted by molar-refractivity contribution is -0.132. The monoisotopic (exact) mass is 496 g/mol. The summed E-state index contributed by atoms with van der Waals surface area (Å²) < 4.78 is 12.5. The van der Waals surface area contributed by atoms with Crippen molar-refractivity contribution < 1.29 is 29.6 Å². The summed E-state index contributed by atoms with van der Waals surface area (Å²) in [5.74, 6) is 0.177. The molecule has 0 bridgehead atoms. The van der Waals surface area contributed by atoms with Crippen molar-refractivity contribution >= 4 is 16.7 Å². The molecule has 4 aromatic rings. The number of rotatable bonds is 9. The molecule has 4 aromatic carbocycles. The molecule has 188 valence electrons. The van der Waals surface area contributed by atoms with Gasteiger partial charge in [-0.3, -0.25) is 0 Å². The number of hydrogen-bond donors (Lipinski definition) is 3. The fourth-order valence-corrected chi connectivity index (χ4v) is 4.73. The van der Waals surface area contributed by atoms with Crippen LogP contribution >= 0.6 is 0 Å². The highest BCUT2D eigenvalue weighted by atomic mass is 16.5. The Balaban J connectivity index is 1.53. The van der Waals surface area contributed by atoms with Gasteiger partial charge in [0.05, 0.1) is 0 Å². The standard InChI is InChI=1S/C31H28O6/c32-27(20-9-3-1-4-10-20)18-36-29-23-13-7-8-14-24(23)30(26-17-22(31(34)35)15-16-25(26)29)37-19-28(33)21-11-5-2-6-12-21/h1-15,27-28,32-33H,16-19H2,(H,34,35). The van der Waals surface area contributed by atoms with Crippen LogP contribution in [0.25, 0.3) is 10.8 Å². The lowest BCUT2D eigenvalue weighted by Gasteiger charge is -2.26. The molecule has 5 rings (SSSR count). The van der Waals surface area contributed by atoms with Crippen molar-refractivity contribution in [2.24, 2.45) is 0 Å². The van der Waals surface area contributed by atoms with Crippen molar-refractivity contribution in [1.82, 2.24) is 0 Å². The molecule has 6 heteroatoms. The van der Waals surface area contributed by atoms with Gasteiger partial charge in [-0.1, -0.05) is 91.0 Å². The molecule has 2 atom stereocenters. The van der Waals surface area contributed by atoms with Gasteiger partial charge in [-0.15, -0.1) is 0 Å². The fraction of sp³-hybridized carbons (Fsp3) is 0.194. The number of aliphatic hydroxyl groups is 2. The van der Waals surface area contributed by atoms with Crippen LogP contribution in [0.1, 0.15) is 34.5 Å². The number of aliphatic hydroxyl groups excluding tert-OH is 2. The van der Waals surface area contributed by atoms with Crippen LogP contribution in [0, 0.1) is 0 Å². The molecular weight excluding hydrogens is 468 g/mol. The first-order valence-electron chi connectivity index (χ1n) is 12.2. The Labute approximate surface area is 215 Å². The highest BCUT2D eigenvalue weighted by Crippen LogP contribution is 2.44. The molecule has 3 N–H and O–H groups in total. The van der Waals surface area contributed by atoms with Crippen molar-refractivity contribution in [3.63, 3.8) is 0 Å². The van der Waals surface area contributed by atoms with Crippen LogP contribution < -0.4 is 9.47 Å². The summed E-state index contributed by atoms with van der Waals surface area (Å²) >= 11 is 0. The normalized spacial score (nSPS) is 14.4. The van der Waals surface area contributed by atoms with Gasteiger partial charge in [-0.2, -0.15) is 0 Å². The maximum atomic E-state index is 11.8. The molecule has 0 spiro atoms. The maximum Gasteiger partial charge on any atom is 0.331 e. The Morgan fingerprint density at radius 3 is 1.65 bits per heavy atom. The summed E-state index contributed by atoms with van der Waals surface area (Å²) in [6.07, 6.45) is 0.564. The lowest BCUT2D eigenvalue weighted by Crippen LogP contribution is -2.17. The SMILES string of the molecule is O=C(O)C1=CCc2c(c(OCC(O)c3ccccc3)c3ccccc3c2OCC(O)c2ccccc2)C1. The Morgan fingerprint density at radius 2 is 1.16 bits per heavy atom. The Hall–Kier alpha value is -4.13. The summed E-state index contributed by atoms with van der Waals surface area (Å²) in [7, 11) is 0. The van der Waals surface area contributed by atoms with E-state index in [1.165, 1.54) is 0 Å². The molecule has 1 aliphatic rings. The summed E-state index contributed by atoms with van der Waals surface area (Å²) in [6, 6.07) is 26.2. The summed E-state index contributed by atoms with van der Waals surface area (Å²) in [5, 5.41) is 32.7. The van der Waals surface area contributed by atoms with E-state index in [9.17, 15) is 20.1 Å². The van der Waals surface area contributed by atoms with E-state index in [-0.39, 0.29) is 25.2 Å². The van der Waals surface area contributed by atoms with E-state index >= 15 is 0 Å². The van der Waals surface area contributed by atoms with Crippen LogP contribution in [0.5, 0.6) is 11.5 Å². The van der Waals surface area contributed by atoms with Crippen LogP contribution in [0.3, 0.4) is 0 Å². The molecule has 0 aliphatic heterocycles. The molecule has 2 unspecified atom stereocenters. The molecule has 37 heavy (non-hydrogen) atoms. The first-order chi connectivity index (χ1) is 18.0.